The van der Waals surface area contributed by atoms with Crippen LogP contribution < -0.4 is 0 Å². The quantitative estimate of drug-likeness (QED) is 0.145. The molecule has 0 fully saturated rings. The summed E-state index contributed by atoms with van der Waals surface area (Å²) in [6, 6.07) is 97.4. The first-order chi connectivity index (χ1) is 36.7. The van der Waals surface area contributed by atoms with Crippen LogP contribution in [0.15, 0.2) is 273 Å². The van der Waals surface area contributed by atoms with Gasteiger partial charge in [-0.15, -0.1) is 0 Å². The van der Waals surface area contributed by atoms with Crippen LogP contribution >= 0.6 is 0 Å². The Morgan fingerprint density at radius 1 is 0.243 bits per heavy atom. The third-order valence-corrected chi connectivity index (χ3v) is 14.4. The van der Waals surface area contributed by atoms with Crippen LogP contribution in [-0.4, -0.2) is 24.1 Å². The van der Waals surface area contributed by atoms with Crippen LogP contribution in [0.1, 0.15) is 0 Å². The fourth-order valence-electron chi connectivity index (χ4n) is 10.9. The van der Waals surface area contributed by atoms with Gasteiger partial charge in [0.15, 0.2) is 17.5 Å². The minimum Gasteiger partial charge on any atom is -0.309 e. The number of para-hydroxylation sites is 3. The molecule has 0 amide bonds. The molecular weight excluding hydrogens is 899 g/mol. The Labute approximate surface area is 428 Å². The number of hydrogen-bond acceptors (Lipinski definition) is 3. The van der Waals surface area contributed by atoms with E-state index in [4.69, 9.17) is 15.0 Å². The van der Waals surface area contributed by atoms with E-state index < -0.39 is 0 Å². The van der Waals surface area contributed by atoms with Crippen LogP contribution in [0.5, 0.6) is 0 Å². The summed E-state index contributed by atoms with van der Waals surface area (Å²) < 4.78 is 4.97. The van der Waals surface area contributed by atoms with Gasteiger partial charge in [0, 0.05) is 55.0 Å². The second-order valence-electron chi connectivity index (χ2n) is 18.7. The lowest BCUT2D eigenvalue weighted by Gasteiger charge is -2.22. The second-order valence-corrected chi connectivity index (χ2v) is 18.7. The highest BCUT2D eigenvalue weighted by Crippen LogP contribution is 2.47. The highest BCUT2D eigenvalue weighted by molar-refractivity contribution is 6.26. The monoisotopic (exact) mass is 943 g/mol. The molecule has 0 radical (unpaired) electrons. The fourth-order valence-corrected chi connectivity index (χ4v) is 10.9. The zero-order valence-corrected chi connectivity index (χ0v) is 40.2. The highest BCUT2D eigenvalue weighted by Gasteiger charge is 2.26. The molecule has 0 atom stereocenters. The third-order valence-electron chi connectivity index (χ3n) is 14.4. The Morgan fingerprint density at radius 2 is 0.622 bits per heavy atom. The van der Waals surface area contributed by atoms with E-state index in [0.29, 0.717) is 17.5 Å². The van der Waals surface area contributed by atoms with E-state index in [1.807, 2.05) is 36.4 Å². The molecule has 74 heavy (non-hydrogen) atoms. The molecule has 346 valence electrons. The number of nitrogens with zero attached hydrogens (tertiary/aromatic N) is 5. The first kappa shape index (κ1) is 42.9. The summed E-state index contributed by atoms with van der Waals surface area (Å²) in [4.78, 5) is 15.8. The molecule has 5 nitrogen and oxygen atoms in total. The summed E-state index contributed by atoms with van der Waals surface area (Å²) in [6.07, 6.45) is 0. The van der Waals surface area contributed by atoms with Crippen molar-refractivity contribution < 1.29 is 0 Å². The Kier molecular flexibility index (Phi) is 10.4. The van der Waals surface area contributed by atoms with Crippen molar-refractivity contribution in [2.45, 2.75) is 0 Å². The lowest BCUT2D eigenvalue weighted by Crippen LogP contribution is -2.04. The molecular formula is C69H45N5. The largest absolute Gasteiger partial charge is 0.309 e. The van der Waals surface area contributed by atoms with Crippen molar-refractivity contribution in [2.24, 2.45) is 0 Å². The van der Waals surface area contributed by atoms with E-state index >= 15 is 0 Å². The van der Waals surface area contributed by atoms with Crippen LogP contribution in [0.25, 0.3) is 134 Å². The van der Waals surface area contributed by atoms with Gasteiger partial charge in [0.2, 0.25) is 0 Å². The van der Waals surface area contributed by atoms with Gasteiger partial charge in [-0.2, -0.15) is 0 Å². The minimum atomic E-state index is 0.587. The third kappa shape index (κ3) is 7.37. The zero-order chi connectivity index (χ0) is 49.0. The van der Waals surface area contributed by atoms with E-state index in [0.717, 1.165) is 83.5 Å². The van der Waals surface area contributed by atoms with Crippen molar-refractivity contribution in [2.75, 3.05) is 0 Å². The molecule has 5 heteroatoms. The van der Waals surface area contributed by atoms with Gasteiger partial charge < -0.3 is 9.13 Å². The van der Waals surface area contributed by atoms with E-state index in [9.17, 15) is 0 Å². The molecule has 14 rings (SSSR count). The Balaban J connectivity index is 1.13. The molecule has 0 bridgehead atoms. The molecule has 0 spiro atoms. The van der Waals surface area contributed by atoms with Gasteiger partial charge in [-0.3, -0.25) is 0 Å². The maximum atomic E-state index is 5.34. The molecule has 0 aliphatic heterocycles. The number of hydrogen-bond donors (Lipinski definition) is 0. The summed E-state index contributed by atoms with van der Waals surface area (Å²) in [5, 5.41) is 4.74. The predicted octanol–water partition coefficient (Wildman–Crippen LogP) is 17.7. The van der Waals surface area contributed by atoms with Crippen LogP contribution in [0.3, 0.4) is 0 Å². The fraction of sp³-hybridized carbons (Fsp3) is 0. The normalized spacial score (nSPS) is 11.5. The summed E-state index contributed by atoms with van der Waals surface area (Å²) in [5.74, 6) is 1.81. The van der Waals surface area contributed by atoms with Crippen molar-refractivity contribution in [3.05, 3.63) is 273 Å². The van der Waals surface area contributed by atoms with Crippen LogP contribution in [0, 0.1) is 0 Å². The maximum Gasteiger partial charge on any atom is 0.164 e. The molecule has 3 aromatic heterocycles. The predicted molar refractivity (Wildman–Crippen MR) is 307 cm³/mol. The molecule has 0 saturated heterocycles. The molecule has 11 aromatic carbocycles. The molecule has 0 N–H and O–H groups in total. The van der Waals surface area contributed by atoms with Crippen LogP contribution in [0.4, 0.5) is 0 Å². The smallest absolute Gasteiger partial charge is 0.164 e. The average molecular weight is 944 g/mol. The van der Waals surface area contributed by atoms with Gasteiger partial charge in [-0.25, -0.2) is 15.0 Å². The van der Waals surface area contributed by atoms with E-state index in [2.05, 4.69) is 246 Å². The Hall–Kier alpha value is -9.97. The lowest BCUT2D eigenvalue weighted by atomic mass is 9.91. The standard InChI is InChI=1S/C69H45N5/c1-6-20-46(21-7-1)48-34-38-50(39-35-48)59-44-54(69-71-67(52-24-10-3-11-25-52)70-68(72-69)53-26-12-4-13-27-53)45-60(51-40-36-49(37-41-51)47-22-8-2-9-23-47)65(59)74-61-32-18-16-30-56(61)57-42-43-63-64(66(57)74)58-31-17-19-33-62(58)73(63)55-28-14-5-15-29-55/h1-45H. The zero-order valence-electron chi connectivity index (χ0n) is 40.2. The SMILES string of the molecule is c1ccc(-c2ccc(-c3cc(-c4nc(-c5ccccc5)nc(-c5ccccc5)n4)cc(-c4ccc(-c5ccccc5)cc4)c3-n3c4ccccc4c4ccc5c(c6ccccc6n5-c5ccccc5)c43)cc2)cc1. The van der Waals surface area contributed by atoms with E-state index in [1.165, 1.54) is 32.7 Å². The lowest BCUT2D eigenvalue weighted by molar-refractivity contribution is 1.07. The number of benzene rings is 11. The van der Waals surface area contributed by atoms with Crippen molar-refractivity contribution in [3.63, 3.8) is 0 Å². The van der Waals surface area contributed by atoms with E-state index in [-0.39, 0.29) is 0 Å². The second kappa shape index (κ2) is 18.0. The number of rotatable bonds is 9. The van der Waals surface area contributed by atoms with Gasteiger partial charge in [0.1, 0.15) is 0 Å². The molecule has 14 aromatic rings. The first-order valence-corrected chi connectivity index (χ1v) is 25.1. The molecule has 3 heterocycles. The molecule has 0 saturated carbocycles. The maximum absolute atomic E-state index is 5.34. The summed E-state index contributed by atoms with van der Waals surface area (Å²) in [7, 11) is 0. The van der Waals surface area contributed by atoms with Crippen molar-refractivity contribution >= 4 is 43.6 Å². The Morgan fingerprint density at radius 3 is 1.12 bits per heavy atom. The molecule has 0 aliphatic rings. The summed E-state index contributed by atoms with van der Waals surface area (Å²) in [5.41, 5.74) is 18.3. The summed E-state index contributed by atoms with van der Waals surface area (Å²) in [6.45, 7) is 0. The topological polar surface area (TPSA) is 48.5 Å². The van der Waals surface area contributed by atoms with Crippen LogP contribution in [0.2, 0.25) is 0 Å². The summed E-state index contributed by atoms with van der Waals surface area (Å²) >= 11 is 0. The van der Waals surface area contributed by atoms with Crippen molar-refractivity contribution in [1.82, 2.24) is 24.1 Å². The van der Waals surface area contributed by atoms with Gasteiger partial charge in [-0.05, 0) is 75.8 Å². The van der Waals surface area contributed by atoms with Crippen LogP contribution in [-0.2, 0) is 0 Å². The number of fused-ring (bicyclic) bond motifs is 7. The average Bonchev–Trinajstić information content (AvgIpc) is 4.03. The number of aromatic nitrogens is 5. The van der Waals surface area contributed by atoms with Gasteiger partial charge in [0.05, 0.1) is 27.8 Å². The highest BCUT2D eigenvalue weighted by atomic mass is 15.0. The van der Waals surface area contributed by atoms with Gasteiger partial charge in [0.25, 0.3) is 0 Å². The van der Waals surface area contributed by atoms with Crippen molar-refractivity contribution in [1.29, 1.82) is 0 Å². The van der Waals surface area contributed by atoms with Gasteiger partial charge >= 0.3 is 0 Å². The Bertz CT molecular complexity index is 4190. The van der Waals surface area contributed by atoms with E-state index in [1.54, 1.807) is 0 Å². The minimum absolute atomic E-state index is 0.587. The first-order valence-electron chi connectivity index (χ1n) is 25.1. The molecule has 0 unspecified atom stereocenters. The van der Waals surface area contributed by atoms with Crippen molar-refractivity contribution in [3.8, 4) is 90.0 Å². The molecule has 0 aliphatic carbocycles. The van der Waals surface area contributed by atoms with Gasteiger partial charge in [-0.1, -0.05) is 231 Å².